The molecule has 1 fully saturated rings. The highest BCUT2D eigenvalue weighted by Gasteiger charge is 2.15. The van der Waals surface area contributed by atoms with Gasteiger partial charge in [-0.1, -0.05) is 18.6 Å². The van der Waals surface area contributed by atoms with E-state index >= 15 is 0 Å². The van der Waals surface area contributed by atoms with Crippen LogP contribution in [0.3, 0.4) is 0 Å². The molecule has 31 heavy (non-hydrogen) atoms. The zero-order chi connectivity index (χ0) is 20.6. The highest BCUT2D eigenvalue weighted by molar-refractivity contribution is 5.93. The highest BCUT2D eigenvalue weighted by Crippen LogP contribution is 2.29. The first-order valence-electron chi connectivity index (χ1n) is 10.8. The van der Waals surface area contributed by atoms with Gasteiger partial charge in [-0.05, 0) is 55.8 Å². The first-order chi connectivity index (χ1) is 15.3. The molecule has 0 spiro atoms. The number of piperidine rings is 1. The van der Waals surface area contributed by atoms with Crippen molar-refractivity contribution < 1.29 is 0 Å². The third-order valence-electron chi connectivity index (χ3n) is 6.02. The fraction of sp³-hybridized carbons (Fsp3) is 0.250. The molecule has 154 valence electrons. The topological polar surface area (TPSA) is 86.4 Å². The van der Waals surface area contributed by atoms with Crippen LogP contribution in [-0.2, 0) is 6.54 Å². The van der Waals surface area contributed by atoms with E-state index in [-0.39, 0.29) is 0 Å². The largest absolute Gasteiger partial charge is 0.337 e. The standard InChI is InChI=1S/C24H23N7/c1-4-8-31(9-5-1)15-16-10-17(13-25-12-16)18-11-19-22(29-30-23(19)26-14-18)24-27-20-6-2-3-7-21(20)28-24/h2-3,6-7,10-14H,1,4-5,8-9,15H2,(H,27,28)(H,26,29,30). The number of pyridine rings is 2. The van der Waals surface area contributed by atoms with Crippen molar-refractivity contribution in [3.8, 4) is 22.6 Å². The van der Waals surface area contributed by atoms with E-state index in [0.717, 1.165) is 45.6 Å². The van der Waals surface area contributed by atoms with Crippen LogP contribution < -0.4 is 0 Å². The van der Waals surface area contributed by atoms with E-state index in [2.05, 4.69) is 42.2 Å². The van der Waals surface area contributed by atoms with Gasteiger partial charge in [0.15, 0.2) is 11.5 Å². The summed E-state index contributed by atoms with van der Waals surface area (Å²) in [5, 5.41) is 8.43. The molecule has 4 aromatic heterocycles. The number of imidazole rings is 1. The molecule has 0 aliphatic carbocycles. The van der Waals surface area contributed by atoms with Crippen LogP contribution in [0.25, 0.3) is 44.7 Å². The van der Waals surface area contributed by atoms with Crippen LogP contribution in [0.4, 0.5) is 0 Å². The average molecular weight is 409 g/mol. The fourth-order valence-corrected chi connectivity index (χ4v) is 4.42. The first kappa shape index (κ1) is 18.2. The summed E-state index contributed by atoms with van der Waals surface area (Å²) >= 11 is 0. The fourth-order valence-electron chi connectivity index (χ4n) is 4.42. The van der Waals surface area contributed by atoms with E-state index in [0.29, 0.717) is 5.65 Å². The van der Waals surface area contributed by atoms with Gasteiger partial charge >= 0.3 is 0 Å². The Morgan fingerprint density at radius 2 is 1.81 bits per heavy atom. The molecular formula is C24H23N7. The summed E-state index contributed by atoms with van der Waals surface area (Å²) in [6.07, 6.45) is 9.68. The molecule has 7 nitrogen and oxygen atoms in total. The lowest BCUT2D eigenvalue weighted by molar-refractivity contribution is 0.220. The SMILES string of the molecule is c1ccc2[nH]c(-c3[nH]nc4ncc(-c5cncc(CN6CCCCC6)c5)cc34)nc2c1. The second-order valence-corrected chi connectivity index (χ2v) is 8.21. The van der Waals surface area contributed by atoms with Crippen molar-refractivity contribution in [2.75, 3.05) is 13.1 Å². The van der Waals surface area contributed by atoms with Crippen molar-refractivity contribution in [1.82, 2.24) is 35.0 Å². The molecule has 6 rings (SSSR count). The summed E-state index contributed by atoms with van der Waals surface area (Å²) in [7, 11) is 0. The second kappa shape index (κ2) is 7.59. The van der Waals surface area contributed by atoms with Gasteiger partial charge in [-0.2, -0.15) is 5.10 Å². The van der Waals surface area contributed by atoms with E-state index in [1.165, 1.54) is 37.9 Å². The minimum absolute atomic E-state index is 0.677. The summed E-state index contributed by atoms with van der Waals surface area (Å²) in [5.41, 5.74) is 6.79. The van der Waals surface area contributed by atoms with Gasteiger partial charge < -0.3 is 4.98 Å². The summed E-state index contributed by atoms with van der Waals surface area (Å²) in [5.74, 6) is 0.764. The number of hydrogen-bond donors (Lipinski definition) is 2. The lowest BCUT2D eigenvalue weighted by Gasteiger charge is -2.26. The van der Waals surface area contributed by atoms with Crippen LogP contribution in [0.15, 0.2) is 55.0 Å². The Labute approximate surface area is 179 Å². The van der Waals surface area contributed by atoms with Gasteiger partial charge in [0.25, 0.3) is 0 Å². The molecule has 0 atom stereocenters. The highest BCUT2D eigenvalue weighted by atomic mass is 15.2. The molecule has 2 N–H and O–H groups in total. The normalized spacial score (nSPS) is 15.1. The molecule has 1 aromatic carbocycles. The number of rotatable bonds is 4. The van der Waals surface area contributed by atoms with Crippen LogP contribution in [0.2, 0.25) is 0 Å². The smallest absolute Gasteiger partial charge is 0.181 e. The maximum absolute atomic E-state index is 4.71. The molecule has 0 amide bonds. The van der Waals surface area contributed by atoms with Crippen LogP contribution in [-0.4, -0.2) is 48.1 Å². The summed E-state index contributed by atoms with van der Waals surface area (Å²) < 4.78 is 0. The zero-order valence-electron chi connectivity index (χ0n) is 17.2. The van der Waals surface area contributed by atoms with E-state index in [4.69, 9.17) is 4.98 Å². The van der Waals surface area contributed by atoms with Crippen molar-refractivity contribution in [2.45, 2.75) is 25.8 Å². The number of benzene rings is 1. The van der Waals surface area contributed by atoms with Crippen LogP contribution in [0.1, 0.15) is 24.8 Å². The van der Waals surface area contributed by atoms with Crippen molar-refractivity contribution in [2.24, 2.45) is 0 Å². The lowest BCUT2D eigenvalue weighted by atomic mass is 10.1. The number of hydrogen-bond acceptors (Lipinski definition) is 5. The number of nitrogens with zero attached hydrogens (tertiary/aromatic N) is 5. The first-order valence-corrected chi connectivity index (χ1v) is 10.8. The molecule has 1 saturated heterocycles. The van der Waals surface area contributed by atoms with Crippen molar-refractivity contribution in [3.05, 3.63) is 60.6 Å². The van der Waals surface area contributed by atoms with Gasteiger partial charge in [-0.3, -0.25) is 15.0 Å². The van der Waals surface area contributed by atoms with Gasteiger partial charge in [0.05, 0.1) is 16.4 Å². The van der Waals surface area contributed by atoms with E-state index < -0.39 is 0 Å². The molecule has 7 heteroatoms. The third kappa shape index (κ3) is 3.47. The van der Waals surface area contributed by atoms with Crippen molar-refractivity contribution >= 4 is 22.1 Å². The Balaban J connectivity index is 1.36. The van der Waals surface area contributed by atoms with Gasteiger partial charge in [-0.25, -0.2) is 9.97 Å². The molecule has 5 heterocycles. The average Bonchev–Trinajstić information content (AvgIpc) is 3.43. The van der Waals surface area contributed by atoms with Gasteiger partial charge in [-0.15, -0.1) is 0 Å². The maximum atomic E-state index is 4.71. The van der Waals surface area contributed by atoms with Gasteiger partial charge in [0.2, 0.25) is 0 Å². The Bertz CT molecular complexity index is 1330. The number of H-pyrrole nitrogens is 2. The molecule has 0 radical (unpaired) electrons. The van der Waals surface area contributed by atoms with Crippen LogP contribution in [0, 0.1) is 0 Å². The number of nitrogens with one attached hydrogen (secondary N) is 2. The quantitative estimate of drug-likeness (QED) is 0.455. The van der Waals surface area contributed by atoms with Crippen LogP contribution >= 0.6 is 0 Å². The summed E-state index contributed by atoms with van der Waals surface area (Å²) in [6, 6.07) is 12.4. The number of fused-ring (bicyclic) bond motifs is 2. The number of aromatic amines is 2. The molecular weight excluding hydrogens is 386 g/mol. The maximum Gasteiger partial charge on any atom is 0.181 e. The number of aromatic nitrogens is 6. The van der Waals surface area contributed by atoms with Crippen LogP contribution in [0.5, 0.6) is 0 Å². The molecule has 1 aliphatic rings. The Morgan fingerprint density at radius 1 is 0.935 bits per heavy atom. The van der Waals surface area contributed by atoms with Crippen molar-refractivity contribution in [3.63, 3.8) is 0 Å². The monoisotopic (exact) mass is 409 g/mol. The van der Waals surface area contributed by atoms with E-state index in [1.54, 1.807) is 0 Å². The molecule has 0 saturated carbocycles. The Morgan fingerprint density at radius 3 is 2.71 bits per heavy atom. The van der Waals surface area contributed by atoms with E-state index in [1.807, 2.05) is 42.9 Å². The lowest BCUT2D eigenvalue weighted by Crippen LogP contribution is -2.29. The molecule has 0 unspecified atom stereocenters. The van der Waals surface area contributed by atoms with Gasteiger partial charge in [0.1, 0.15) is 5.69 Å². The molecule has 1 aliphatic heterocycles. The second-order valence-electron chi connectivity index (χ2n) is 8.21. The molecule has 5 aromatic rings. The minimum atomic E-state index is 0.677. The van der Waals surface area contributed by atoms with Crippen molar-refractivity contribution in [1.29, 1.82) is 0 Å². The van der Waals surface area contributed by atoms with Gasteiger partial charge in [0, 0.05) is 36.3 Å². The summed E-state index contributed by atoms with van der Waals surface area (Å²) in [6.45, 7) is 3.30. The zero-order valence-corrected chi connectivity index (χ0v) is 17.2. The number of likely N-dealkylation sites (tertiary alicyclic amines) is 1. The Kier molecular flexibility index (Phi) is 4.46. The Hall–Kier alpha value is -3.58. The predicted octanol–water partition coefficient (Wildman–Crippen LogP) is 4.55. The third-order valence-corrected chi connectivity index (χ3v) is 6.02. The van der Waals surface area contributed by atoms with E-state index in [9.17, 15) is 0 Å². The predicted molar refractivity (Wildman–Crippen MR) is 121 cm³/mol. The summed E-state index contributed by atoms with van der Waals surface area (Å²) in [4.78, 5) is 19.7. The molecule has 0 bridgehead atoms. The minimum Gasteiger partial charge on any atom is -0.337 e. The number of para-hydroxylation sites is 2.